The number of hydrogen-bond acceptors (Lipinski definition) is 6. The summed E-state index contributed by atoms with van der Waals surface area (Å²) < 4.78 is 12.6. The van der Waals surface area contributed by atoms with E-state index in [1.165, 1.54) is 4.57 Å². The lowest BCUT2D eigenvalue weighted by Gasteiger charge is -2.14. The van der Waals surface area contributed by atoms with Crippen LogP contribution in [0.4, 0.5) is 0 Å². The van der Waals surface area contributed by atoms with E-state index in [9.17, 15) is 4.79 Å². The Morgan fingerprint density at radius 2 is 1.94 bits per heavy atom. The standard InChI is InChI=1S/C23H25N5O3/c1-30-20(12-25)14-31-19-4-2-3-16(9-19)21-10-17-13-28(23(29)27-22(17)26-21)18-7-5-15(11-24)6-8-18/h2-10,13,20H,11-12,14,24-25H2,1H3,(H,26,27,29)/t20-/m0/s1. The van der Waals surface area contributed by atoms with Gasteiger partial charge in [-0.15, -0.1) is 0 Å². The number of nitrogens with zero attached hydrogens (tertiary/aromatic N) is 2. The molecule has 0 amide bonds. The summed E-state index contributed by atoms with van der Waals surface area (Å²) in [6.07, 6.45) is 1.62. The molecule has 31 heavy (non-hydrogen) atoms. The first-order valence-corrected chi connectivity index (χ1v) is 9.99. The summed E-state index contributed by atoms with van der Waals surface area (Å²) in [5.41, 5.74) is 15.0. The summed E-state index contributed by atoms with van der Waals surface area (Å²) in [6, 6.07) is 17.2. The van der Waals surface area contributed by atoms with E-state index in [0.29, 0.717) is 31.1 Å². The summed E-state index contributed by atoms with van der Waals surface area (Å²) in [5, 5.41) is 0.825. The van der Waals surface area contributed by atoms with E-state index in [1.807, 2.05) is 54.6 Å². The van der Waals surface area contributed by atoms with Crippen LogP contribution in [-0.2, 0) is 11.3 Å². The van der Waals surface area contributed by atoms with Crippen molar-refractivity contribution in [2.24, 2.45) is 11.5 Å². The summed E-state index contributed by atoms with van der Waals surface area (Å²) >= 11 is 0. The molecule has 0 saturated carbocycles. The van der Waals surface area contributed by atoms with Crippen molar-refractivity contribution in [2.45, 2.75) is 12.6 Å². The summed E-state index contributed by atoms with van der Waals surface area (Å²) in [5.74, 6) is 0.708. The van der Waals surface area contributed by atoms with E-state index >= 15 is 0 Å². The molecule has 2 heterocycles. The van der Waals surface area contributed by atoms with Crippen LogP contribution in [0.25, 0.3) is 28.0 Å². The van der Waals surface area contributed by atoms with Crippen molar-refractivity contribution in [2.75, 3.05) is 20.3 Å². The van der Waals surface area contributed by atoms with Crippen LogP contribution in [0, 0.1) is 0 Å². The van der Waals surface area contributed by atoms with Crippen LogP contribution in [0.15, 0.2) is 65.6 Å². The smallest absolute Gasteiger partial charge is 0.354 e. The number of aromatic nitrogens is 3. The Bertz CT molecular complexity index is 1230. The van der Waals surface area contributed by atoms with Crippen LogP contribution in [0.3, 0.4) is 0 Å². The third-order valence-electron chi connectivity index (χ3n) is 5.14. The minimum absolute atomic E-state index is 0.161. The van der Waals surface area contributed by atoms with Crippen LogP contribution >= 0.6 is 0 Å². The SMILES string of the molecule is CO[C@@H](CN)COc1cccc(-c2cc3cn(-c4ccc(CN)cc4)c(=O)nc3[nH]2)c1. The predicted molar refractivity (Wildman–Crippen MR) is 120 cm³/mol. The maximum Gasteiger partial charge on any atom is 0.354 e. The molecule has 8 nitrogen and oxygen atoms in total. The highest BCUT2D eigenvalue weighted by atomic mass is 16.5. The molecule has 2 aromatic carbocycles. The number of H-pyrrole nitrogens is 1. The Hall–Kier alpha value is -3.46. The zero-order valence-corrected chi connectivity index (χ0v) is 17.2. The monoisotopic (exact) mass is 419 g/mol. The fourth-order valence-corrected chi connectivity index (χ4v) is 3.30. The molecular weight excluding hydrogens is 394 g/mol. The molecule has 0 unspecified atom stereocenters. The number of aromatic amines is 1. The lowest BCUT2D eigenvalue weighted by Crippen LogP contribution is -2.28. The number of ether oxygens (including phenoxy) is 2. The van der Waals surface area contributed by atoms with Crippen molar-refractivity contribution in [3.63, 3.8) is 0 Å². The molecule has 4 rings (SSSR count). The van der Waals surface area contributed by atoms with Gasteiger partial charge in [-0.25, -0.2) is 4.79 Å². The Morgan fingerprint density at radius 3 is 2.65 bits per heavy atom. The van der Waals surface area contributed by atoms with Crippen LogP contribution in [-0.4, -0.2) is 40.9 Å². The molecule has 0 aliphatic carbocycles. The van der Waals surface area contributed by atoms with Gasteiger partial charge in [0.2, 0.25) is 0 Å². The number of nitrogens with one attached hydrogen (secondary N) is 1. The van der Waals surface area contributed by atoms with Gasteiger partial charge in [-0.3, -0.25) is 4.57 Å². The molecule has 0 saturated heterocycles. The van der Waals surface area contributed by atoms with Gasteiger partial charge in [-0.05, 0) is 35.9 Å². The number of methoxy groups -OCH3 is 1. The summed E-state index contributed by atoms with van der Waals surface area (Å²) in [4.78, 5) is 20.0. The molecule has 1 atom stereocenters. The Kier molecular flexibility index (Phi) is 6.13. The van der Waals surface area contributed by atoms with E-state index in [2.05, 4.69) is 9.97 Å². The highest BCUT2D eigenvalue weighted by Crippen LogP contribution is 2.26. The third kappa shape index (κ3) is 4.51. The van der Waals surface area contributed by atoms with Gasteiger partial charge < -0.3 is 25.9 Å². The molecule has 0 bridgehead atoms. The zero-order chi connectivity index (χ0) is 21.8. The van der Waals surface area contributed by atoms with E-state index in [-0.39, 0.29) is 11.8 Å². The van der Waals surface area contributed by atoms with Crippen molar-refractivity contribution in [1.29, 1.82) is 0 Å². The molecular formula is C23H25N5O3. The minimum Gasteiger partial charge on any atom is -0.491 e. The zero-order valence-electron chi connectivity index (χ0n) is 17.2. The van der Waals surface area contributed by atoms with E-state index < -0.39 is 0 Å². The minimum atomic E-state index is -0.356. The number of rotatable bonds is 8. The lowest BCUT2D eigenvalue weighted by atomic mass is 10.1. The summed E-state index contributed by atoms with van der Waals surface area (Å²) in [7, 11) is 1.61. The second-order valence-electron chi connectivity index (χ2n) is 7.18. The molecule has 0 aliphatic rings. The number of fused-ring (bicyclic) bond motifs is 1. The highest BCUT2D eigenvalue weighted by Gasteiger charge is 2.11. The second kappa shape index (κ2) is 9.13. The molecule has 0 spiro atoms. The average molecular weight is 419 g/mol. The predicted octanol–water partition coefficient (Wildman–Crippen LogP) is 2.19. The first kappa shape index (κ1) is 20.8. The number of hydrogen-bond donors (Lipinski definition) is 3. The van der Waals surface area contributed by atoms with Gasteiger partial charge in [0.05, 0.1) is 5.69 Å². The fraction of sp³-hybridized carbons (Fsp3) is 0.217. The Labute approximate surface area is 179 Å². The average Bonchev–Trinajstić information content (AvgIpc) is 3.22. The maximum absolute atomic E-state index is 12.6. The first-order chi connectivity index (χ1) is 15.1. The molecule has 8 heteroatoms. The number of nitrogens with two attached hydrogens (primary N) is 2. The van der Waals surface area contributed by atoms with Gasteiger partial charge >= 0.3 is 5.69 Å². The van der Waals surface area contributed by atoms with E-state index in [4.69, 9.17) is 20.9 Å². The van der Waals surface area contributed by atoms with Gasteiger partial charge in [0, 0.05) is 43.0 Å². The quantitative estimate of drug-likeness (QED) is 0.403. The van der Waals surface area contributed by atoms with Crippen LogP contribution < -0.4 is 21.9 Å². The van der Waals surface area contributed by atoms with Crippen molar-refractivity contribution >= 4 is 11.0 Å². The van der Waals surface area contributed by atoms with Crippen molar-refractivity contribution in [3.8, 4) is 22.7 Å². The molecule has 4 aromatic rings. The van der Waals surface area contributed by atoms with Crippen LogP contribution in [0.5, 0.6) is 5.75 Å². The van der Waals surface area contributed by atoms with Crippen molar-refractivity contribution in [3.05, 3.63) is 76.8 Å². The normalized spacial score (nSPS) is 12.2. The van der Waals surface area contributed by atoms with Gasteiger partial charge in [0.25, 0.3) is 0 Å². The molecule has 5 N–H and O–H groups in total. The molecule has 0 aliphatic heterocycles. The van der Waals surface area contributed by atoms with Crippen LogP contribution in [0.1, 0.15) is 5.56 Å². The molecule has 0 fully saturated rings. The highest BCUT2D eigenvalue weighted by molar-refractivity contribution is 5.82. The first-order valence-electron chi connectivity index (χ1n) is 9.99. The summed E-state index contributed by atoms with van der Waals surface area (Å²) in [6.45, 7) is 1.21. The largest absolute Gasteiger partial charge is 0.491 e. The fourth-order valence-electron chi connectivity index (χ4n) is 3.30. The number of benzene rings is 2. The van der Waals surface area contributed by atoms with Gasteiger partial charge in [0.1, 0.15) is 24.1 Å². The molecule has 2 aromatic heterocycles. The van der Waals surface area contributed by atoms with Crippen molar-refractivity contribution in [1.82, 2.24) is 14.5 Å². The molecule has 160 valence electrons. The Morgan fingerprint density at radius 1 is 1.13 bits per heavy atom. The van der Waals surface area contributed by atoms with E-state index in [1.54, 1.807) is 13.3 Å². The maximum atomic E-state index is 12.6. The van der Waals surface area contributed by atoms with Crippen LogP contribution in [0.2, 0.25) is 0 Å². The lowest BCUT2D eigenvalue weighted by molar-refractivity contribution is 0.0644. The molecule has 0 radical (unpaired) electrons. The topological polar surface area (TPSA) is 121 Å². The van der Waals surface area contributed by atoms with Gasteiger partial charge in [-0.1, -0.05) is 24.3 Å². The Balaban J connectivity index is 1.63. The second-order valence-corrected chi connectivity index (χ2v) is 7.18. The van der Waals surface area contributed by atoms with E-state index in [0.717, 1.165) is 27.9 Å². The van der Waals surface area contributed by atoms with Crippen molar-refractivity contribution < 1.29 is 9.47 Å². The van der Waals surface area contributed by atoms with Gasteiger partial charge in [-0.2, -0.15) is 4.98 Å². The third-order valence-corrected chi connectivity index (χ3v) is 5.14. The van der Waals surface area contributed by atoms with Gasteiger partial charge in [0.15, 0.2) is 0 Å².